The summed E-state index contributed by atoms with van der Waals surface area (Å²) >= 11 is 17.3. The summed E-state index contributed by atoms with van der Waals surface area (Å²) in [7, 11) is 0. The number of benzene rings is 1. The summed E-state index contributed by atoms with van der Waals surface area (Å²) in [6, 6.07) is 2.90. The molecule has 0 aliphatic heterocycles. The Morgan fingerprint density at radius 1 is 1.27 bits per heavy atom. The van der Waals surface area contributed by atoms with Crippen molar-refractivity contribution >= 4 is 46.4 Å². The van der Waals surface area contributed by atoms with Gasteiger partial charge in [0.1, 0.15) is 0 Å². The van der Waals surface area contributed by atoms with Crippen LogP contribution in [0.5, 0.6) is 0 Å². The van der Waals surface area contributed by atoms with Crippen LogP contribution in [0.3, 0.4) is 0 Å². The normalized spacial score (nSPS) is 10.9. The first kappa shape index (κ1) is 11.9. The van der Waals surface area contributed by atoms with E-state index >= 15 is 0 Å². The molecule has 0 aliphatic carbocycles. The van der Waals surface area contributed by atoms with E-state index in [1.807, 2.05) is 0 Å². The van der Waals surface area contributed by atoms with E-state index in [2.05, 4.69) is 10.3 Å². The predicted molar refractivity (Wildman–Crippen MR) is 61.5 cm³/mol. The zero-order valence-corrected chi connectivity index (χ0v) is 9.53. The lowest BCUT2D eigenvalue weighted by atomic mass is 10.3. The first-order chi connectivity index (χ1) is 7.04. The summed E-state index contributed by atoms with van der Waals surface area (Å²) in [5.41, 5.74) is 5.69. The molecule has 0 atom stereocenters. The molecule has 0 fully saturated rings. The molecular weight excluding hydrogens is 258 g/mol. The number of hydrogen-bond donors (Lipinski definition) is 2. The van der Waals surface area contributed by atoms with Gasteiger partial charge < -0.3 is 5.73 Å². The number of nitriles is 1. The molecule has 0 heterocycles. The van der Waals surface area contributed by atoms with Gasteiger partial charge in [0.05, 0.1) is 20.8 Å². The maximum absolute atomic E-state index is 8.28. The lowest BCUT2D eigenvalue weighted by molar-refractivity contribution is 1.22. The molecule has 0 radical (unpaired) electrons. The van der Waals surface area contributed by atoms with Gasteiger partial charge in [0.25, 0.3) is 0 Å². The molecule has 1 aromatic rings. The minimum atomic E-state index is -0.0715. The van der Waals surface area contributed by atoms with Gasteiger partial charge in [0.2, 0.25) is 5.96 Å². The van der Waals surface area contributed by atoms with Crippen LogP contribution in [0.25, 0.3) is 0 Å². The van der Waals surface area contributed by atoms with Gasteiger partial charge in [-0.2, -0.15) is 5.26 Å². The van der Waals surface area contributed by atoms with E-state index in [1.165, 1.54) is 12.1 Å². The molecule has 0 amide bonds. The predicted octanol–water partition coefficient (Wildman–Crippen LogP) is 2.66. The molecule has 0 bridgehead atoms. The molecule has 0 saturated heterocycles. The Bertz CT molecular complexity index is 450. The van der Waals surface area contributed by atoms with E-state index in [0.29, 0.717) is 20.8 Å². The summed E-state index contributed by atoms with van der Waals surface area (Å²) in [4.78, 5) is 3.84. The van der Waals surface area contributed by atoms with Crippen molar-refractivity contribution in [2.24, 2.45) is 10.7 Å². The standard InChI is InChI=1S/C8H5Cl3N4/c9-4-1-6(11)7(2-5(4)10)15-8(13)14-3-12/h1-2H,(H3,13,14,15). The van der Waals surface area contributed by atoms with Crippen LogP contribution in [-0.4, -0.2) is 5.96 Å². The quantitative estimate of drug-likeness (QED) is 0.269. The molecule has 0 aliphatic rings. The Morgan fingerprint density at radius 2 is 1.87 bits per heavy atom. The van der Waals surface area contributed by atoms with Crippen molar-refractivity contribution in [1.82, 2.24) is 5.32 Å². The van der Waals surface area contributed by atoms with Crippen molar-refractivity contribution in [3.63, 3.8) is 0 Å². The van der Waals surface area contributed by atoms with Crippen molar-refractivity contribution < 1.29 is 0 Å². The monoisotopic (exact) mass is 262 g/mol. The Balaban J connectivity index is 3.11. The topological polar surface area (TPSA) is 74.2 Å². The fourth-order valence-corrected chi connectivity index (χ4v) is 1.40. The van der Waals surface area contributed by atoms with Gasteiger partial charge in [-0.15, -0.1) is 0 Å². The summed E-state index contributed by atoms with van der Waals surface area (Å²) in [5, 5.41) is 11.4. The van der Waals surface area contributed by atoms with Crippen molar-refractivity contribution in [3.05, 3.63) is 27.2 Å². The summed E-state index contributed by atoms with van der Waals surface area (Å²) in [6.45, 7) is 0. The van der Waals surface area contributed by atoms with E-state index in [0.717, 1.165) is 0 Å². The Hall–Kier alpha value is -1.15. The average Bonchev–Trinajstić information content (AvgIpc) is 2.14. The van der Waals surface area contributed by atoms with Crippen LogP contribution in [0.4, 0.5) is 5.69 Å². The van der Waals surface area contributed by atoms with Gasteiger partial charge in [0, 0.05) is 0 Å². The van der Waals surface area contributed by atoms with Gasteiger partial charge in [-0.25, -0.2) is 4.99 Å². The number of aliphatic imine (C=N–C) groups is 1. The smallest absolute Gasteiger partial charge is 0.207 e. The summed E-state index contributed by atoms with van der Waals surface area (Å²) < 4.78 is 0. The highest BCUT2D eigenvalue weighted by atomic mass is 35.5. The van der Waals surface area contributed by atoms with Gasteiger partial charge in [-0.05, 0) is 12.1 Å². The number of guanidine groups is 1. The summed E-state index contributed by atoms with van der Waals surface area (Å²) in [5.74, 6) is -0.0715. The van der Waals surface area contributed by atoms with Crippen LogP contribution in [0, 0.1) is 11.5 Å². The van der Waals surface area contributed by atoms with Crippen molar-refractivity contribution in [3.8, 4) is 6.19 Å². The zero-order chi connectivity index (χ0) is 11.4. The second-order valence-corrected chi connectivity index (χ2v) is 3.67. The molecule has 0 aromatic heterocycles. The van der Waals surface area contributed by atoms with Crippen LogP contribution in [0.1, 0.15) is 0 Å². The number of nitrogens with two attached hydrogens (primary N) is 1. The lowest BCUT2D eigenvalue weighted by Gasteiger charge is -2.02. The third-order valence-electron chi connectivity index (χ3n) is 1.41. The molecule has 15 heavy (non-hydrogen) atoms. The third-order valence-corrected chi connectivity index (χ3v) is 2.44. The van der Waals surface area contributed by atoms with E-state index in [1.54, 1.807) is 6.19 Å². The molecule has 78 valence electrons. The number of rotatable bonds is 1. The second kappa shape index (κ2) is 5.08. The summed E-state index contributed by atoms with van der Waals surface area (Å²) in [6.07, 6.45) is 1.63. The molecule has 4 nitrogen and oxygen atoms in total. The minimum Gasteiger partial charge on any atom is -0.369 e. The largest absolute Gasteiger partial charge is 0.369 e. The molecule has 3 N–H and O–H groups in total. The van der Waals surface area contributed by atoms with Crippen LogP contribution in [0.15, 0.2) is 17.1 Å². The van der Waals surface area contributed by atoms with Gasteiger partial charge in [-0.3, -0.25) is 5.32 Å². The maximum Gasteiger partial charge on any atom is 0.207 e. The lowest BCUT2D eigenvalue weighted by Crippen LogP contribution is -2.26. The van der Waals surface area contributed by atoms with Crippen LogP contribution in [0.2, 0.25) is 15.1 Å². The first-order valence-corrected chi connectivity index (χ1v) is 4.82. The van der Waals surface area contributed by atoms with Crippen molar-refractivity contribution in [1.29, 1.82) is 5.26 Å². The SMILES string of the molecule is N#CNC(N)=Nc1cc(Cl)c(Cl)cc1Cl. The van der Waals surface area contributed by atoms with Crippen molar-refractivity contribution in [2.75, 3.05) is 0 Å². The third kappa shape index (κ3) is 3.17. The van der Waals surface area contributed by atoms with E-state index in [9.17, 15) is 0 Å². The van der Waals surface area contributed by atoms with Crippen molar-refractivity contribution in [2.45, 2.75) is 0 Å². The number of halogens is 3. The average molecular weight is 264 g/mol. The van der Waals surface area contributed by atoms with E-state index in [4.69, 9.17) is 45.8 Å². The maximum atomic E-state index is 8.28. The number of nitrogens with one attached hydrogen (secondary N) is 1. The number of hydrogen-bond acceptors (Lipinski definition) is 2. The highest BCUT2D eigenvalue weighted by Crippen LogP contribution is 2.33. The zero-order valence-electron chi connectivity index (χ0n) is 7.26. The second-order valence-electron chi connectivity index (χ2n) is 2.45. The minimum absolute atomic E-state index is 0.0715. The molecule has 7 heteroatoms. The van der Waals surface area contributed by atoms with Gasteiger partial charge in [0.15, 0.2) is 6.19 Å². The molecule has 0 unspecified atom stereocenters. The van der Waals surface area contributed by atoms with E-state index < -0.39 is 0 Å². The fourth-order valence-electron chi connectivity index (χ4n) is 0.813. The highest BCUT2D eigenvalue weighted by molar-refractivity contribution is 6.43. The van der Waals surface area contributed by atoms with Crippen LogP contribution < -0.4 is 11.1 Å². The number of nitrogens with zero attached hydrogens (tertiary/aromatic N) is 2. The Kier molecular flexibility index (Phi) is 4.04. The Labute approximate surface area is 101 Å². The van der Waals surface area contributed by atoms with Crippen LogP contribution in [-0.2, 0) is 0 Å². The van der Waals surface area contributed by atoms with Gasteiger partial charge in [-0.1, -0.05) is 34.8 Å². The first-order valence-electron chi connectivity index (χ1n) is 3.68. The van der Waals surface area contributed by atoms with Crippen LogP contribution >= 0.6 is 34.8 Å². The molecule has 1 rings (SSSR count). The van der Waals surface area contributed by atoms with E-state index in [-0.39, 0.29) is 5.96 Å². The molecule has 0 saturated carbocycles. The Morgan fingerprint density at radius 3 is 2.47 bits per heavy atom. The fraction of sp³-hybridized carbons (Fsp3) is 0. The molecular formula is C8H5Cl3N4. The molecule has 0 spiro atoms. The van der Waals surface area contributed by atoms with Gasteiger partial charge >= 0.3 is 0 Å². The highest BCUT2D eigenvalue weighted by Gasteiger charge is 2.05. The molecule has 1 aromatic carbocycles.